The Hall–Kier alpha value is -5.85. The van der Waals surface area contributed by atoms with Crippen LogP contribution in [0, 0.1) is 17.6 Å². The van der Waals surface area contributed by atoms with Crippen LogP contribution in [0.2, 0.25) is 0 Å². The van der Waals surface area contributed by atoms with Gasteiger partial charge in [0.2, 0.25) is 11.9 Å². The predicted octanol–water partition coefficient (Wildman–Crippen LogP) is 2.42. The van der Waals surface area contributed by atoms with Gasteiger partial charge in [-0.25, -0.2) is 18.4 Å². The van der Waals surface area contributed by atoms with Gasteiger partial charge in [0.05, 0.1) is 17.4 Å². The molecule has 2 aromatic carbocycles. The van der Waals surface area contributed by atoms with E-state index in [2.05, 4.69) is 35.6 Å². The highest BCUT2D eigenvalue weighted by Crippen LogP contribution is 2.32. The standard InChI is InChI=1S/C38H47F2N13O4/c1-47-13-18-52(38(47)57)27-3-2-10-51(23-27)36-44-35(33(34(41)55)45-46-36)42-25-4-7-30(29(40)19-25)49-16-14-48(15-17-49)21-24-8-11-50(22-24)26-5-6-28(39)31(20-26)53-12-9-32(54)43-37(53)56/h4-7,19-20,24,27H,2-3,8-18,21-23H2,1H3,(H2,41,55)(H,42,44,46)(H,43,54,56)/t24?,27-/m1/s1. The fourth-order valence-corrected chi connectivity index (χ4v) is 8.53. The maximum Gasteiger partial charge on any atom is 0.328 e. The van der Waals surface area contributed by atoms with Crippen molar-refractivity contribution in [3.8, 4) is 0 Å². The molecule has 0 radical (unpaired) electrons. The zero-order valence-electron chi connectivity index (χ0n) is 31.9. The molecule has 19 heteroatoms. The van der Waals surface area contributed by atoms with Gasteiger partial charge in [-0.1, -0.05) is 0 Å². The van der Waals surface area contributed by atoms with Crippen LogP contribution in [0.25, 0.3) is 0 Å². The van der Waals surface area contributed by atoms with Gasteiger partial charge in [-0.05, 0) is 61.6 Å². The number of likely N-dealkylation sites (N-methyl/N-ethyl adjacent to an activating group) is 1. The van der Waals surface area contributed by atoms with Gasteiger partial charge < -0.3 is 35.6 Å². The van der Waals surface area contributed by atoms with E-state index < -0.39 is 23.6 Å². The van der Waals surface area contributed by atoms with E-state index in [4.69, 9.17) is 5.73 Å². The molecule has 57 heavy (non-hydrogen) atoms. The first-order chi connectivity index (χ1) is 27.5. The normalized spacial score (nSPS) is 22.1. The van der Waals surface area contributed by atoms with Crippen LogP contribution in [-0.2, 0) is 4.79 Å². The number of nitrogens with one attached hydrogen (secondary N) is 2. The van der Waals surface area contributed by atoms with E-state index in [1.165, 1.54) is 17.0 Å². The highest BCUT2D eigenvalue weighted by Gasteiger charge is 2.35. The van der Waals surface area contributed by atoms with Crippen LogP contribution >= 0.6 is 0 Å². The van der Waals surface area contributed by atoms with E-state index in [0.717, 1.165) is 57.7 Å². The van der Waals surface area contributed by atoms with Crippen molar-refractivity contribution in [2.45, 2.75) is 31.7 Å². The molecular weight excluding hydrogens is 741 g/mol. The number of anilines is 6. The van der Waals surface area contributed by atoms with Crippen LogP contribution in [0.4, 0.5) is 52.9 Å². The predicted molar refractivity (Wildman–Crippen MR) is 209 cm³/mol. The molecule has 3 aromatic rings. The van der Waals surface area contributed by atoms with Crippen LogP contribution in [0.3, 0.4) is 0 Å². The van der Waals surface area contributed by atoms with Crippen molar-refractivity contribution >= 4 is 58.4 Å². The molecule has 5 saturated heterocycles. The summed E-state index contributed by atoms with van der Waals surface area (Å²) in [6, 6.07) is 8.98. The molecule has 6 amide bonds. The number of nitrogens with zero attached hydrogens (tertiary/aromatic N) is 10. The minimum absolute atomic E-state index is 0.00107. The number of piperazine rings is 1. The Balaban J connectivity index is 0.858. The summed E-state index contributed by atoms with van der Waals surface area (Å²) in [5.74, 6) is -1.37. The van der Waals surface area contributed by atoms with Crippen molar-refractivity contribution in [1.82, 2.24) is 35.2 Å². The molecule has 5 aliphatic heterocycles. The average Bonchev–Trinajstić information content (AvgIpc) is 3.81. The first-order valence-electron chi connectivity index (χ1n) is 19.5. The summed E-state index contributed by atoms with van der Waals surface area (Å²) in [6.45, 7) is 7.93. The van der Waals surface area contributed by atoms with Gasteiger partial charge in [0.1, 0.15) is 11.6 Å². The highest BCUT2D eigenvalue weighted by atomic mass is 19.1. The Morgan fingerprint density at radius 1 is 0.860 bits per heavy atom. The van der Waals surface area contributed by atoms with E-state index in [0.29, 0.717) is 62.5 Å². The number of amides is 6. The van der Waals surface area contributed by atoms with Crippen molar-refractivity contribution < 1.29 is 28.0 Å². The number of hydrogen-bond acceptors (Lipinski definition) is 12. The summed E-state index contributed by atoms with van der Waals surface area (Å²) in [7, 11) is 1.79. The zero-order valence-corrected chi connectivity index (χ0v) is 31.9. The molecule has 4 N–H and O–H groups in total. The van der Waals surface area contributed by atoms with Gasteiger partial charge in [-0.3, -0.25) is 24.7 Å². The Labute approximate surface area is 328 Å². The Morgan fingerprint density at radius 3 is 2.42 bits per heavy atom. The van der Waals surface area contributed by atoms with Crippen LogP contribution in [0.5, 0.6) is 0 Å². The second-order valence-electron chi connectivity index (χ2n) is 15.4. The number of aromatic nitrogens is 3. The molecule has 17 nitrogen and oxygen atoms in total. The highest BCUT2D eigenvalue weighted by molar-refractivity contribution is 6.05. The minimum atomic E-state index is -0.820. The second kappa shape index (κ2) is 16.0. The molecule has 2 atom stereocenters. The van der Waals surface area contributed by atoms with Gasteiger partial charge in [0.15, 0.2) is 11.5 Å². The molecule has 0 aliphatic carbocycles. The number of piperidine rings is 1. The quantitative estimate of drug-likeness (QED) is 0.274. The molecular formula is C38H47F2N13O4. The Kier molecular flexibility index (Phi) is 10.6. The lowest BCUT2D eigenvalue weighted by molar-refractivity contribution is -0.120. The SMILES string of the molecule is CN1CCN([C@@H]2CCCN(c3nnc(C(N)=O)c(Nc4ccc(N5CCN(CC6CCN(c7ccc(F)c(N8CCC(=O)NC8=O)c7)C6)CC5)c(F)c4)n3)C2)C1=O. The summed E-state index contributed by atoms with van der Waals surface area (Å²) in [4.78, 5) is 66.9. The number of halogens is 2. The first-order valence-corrected chi connectivity index (χ1v) is 19.5. The largest absolute Gasteiger partial charge is 0.371 e. The van der Waals surface area contributed by atoms with Crippen molar-refractivity contribution in [3.63, 3.8) is 0 Å². The van der Waals surface area contributed by atoms with Gasteiger partial charge in [0.25, 0.3) is 5.91 Å². The molecule has 0 spiro atoms. The van der Waals surface area contributed by atoms with Crippen LogP contribution in [0.1, 0.15) is 36.2 Å². The number of hydrogen-bond donors (Lipinski definition) is 3. The molecule has 1 aromatic heterocycles. The van der Waals surface area contributed by atoms with Gasteiger partial charge in [-0.2, -0.15) is 4.98 Å². The van der Waals surface area contributed by atoms with Gasteiger partial charge >= 0.3 is 12.1 Å². The van der Waals surface area contributed by atoms with Gasteiger partial charge in [-0.15, -0.1) is 10.2 Å². The summed E-state index contributed by atoms with van der Waals surface area (Å²) in [6.07, 6.45) is 2.78. The first kappa shape index (κ1) is 38.0. The summed E-state index contributed by atoms with van der Waals surface area (Å²) in [5, 5.41) is 13.6. The number of carbonyl (C=O) groups is 4. The Bertz CT molecular complexity index is 2050. The van der Waals surface area contributed by atoms with Crippen LogP contribution in [0.15, 0.2) is 36.4 Å². The number of nitrogens with two attached hydrogens (primary N) is 1. The molecule has 6 heterocycles. The molecule has 5 fully saturated rings. The average molecular weight is 788 g/mol. The topological polar surface area (TPSA) is 180 Å². The van der Waals surface area contributed by atoms with E-state index in [1.54, 1.807) is 36.2 Å². The molecule has 5 aliphatic rings. The molecule has 0 bridgehead atoms. The van der Waals surface area contributed by atoms with Crippen molar-refractivity contribution in [2.75, 3.05) is 111 Å². The van der Waals surface area contributed by atoms with Crippen molar-refractivity contribution in [1.29, 1.82) is 0 Å². The summed E-state index contributed by atoms with van der Waals surface area (Å²) < 4.78 is 30.5. The van der Waals surface area contributed by atoms with Crippen molar-refractivity contribution in [2.24, 2.45) is 11.7 Å². The lowest BCUT2D eigenvalue weighted by atomic mass is 10.0. The fraction of sp³-hybridized carbons (Fsp3) is 0.500. The number of rotatable bonds is 10. The van der Waals surface area contributed by atoms with Crippen LogP contribution < -0.4 is 36.0 Å². The number of imide groups is 1. The fourth-order valence-electron chi connectivity index (χ4n) is 8.53. The maximum atomic E-state index is 15.7. The zero-order chi connectivity index (χ0) is 39.8. The van der Waals surface area contributed by atoms with Crippen LogP contribution in [-0.4, -0.2) is 145 Å². The van der Waals surface area contributed by atoms with E-state index in [1.807, 2.05) is 14.7 Å². The molecule has 302 valence electrons. The number of carbonyl (C=O) groups excluding carboxylic acids is 4. The smallest absolute Gasteiger partial charge is 0.328 e. The third-order valence-electron chi connectivity index (χ3n) is 11.6. The molecule has 0 saturated carbocycles. The number of benzene rings is 2. The Morgan fingerprint density at radius 2 is 1.68 bits per heavy atom. The number of urea groups is 2. The minimum Gasteiger partial charge on any atom is -0.371 e. The monoisotopic (exact) mass is 787 g/mol. The molecule has 8 rings (SSSR count). The summed E-state index contributed by atoms with van der Waals surface area (Å²) in [5.41, 5.74) is 7.30. The lowest BCUT2D eigenvalue weighted by Gasteiger charge is -2.37. The maximum absolute atomic E-state index is 15.7. The third-order valence-corrected chi connectivity index (χ3v) is 11.6. The number of primary amides is 1. The summed E-state index contributed by atoms with van der Waals surface area (Å²) >= 11 is 0. The van der Waals surface area contributed by atoms with Gasteiger partial charge in [0, 0.05) is 103 Å². The second-order valence-corrected chi connectivity index (χ2v) is 15.4. The van der Waals surface area contributed by atoms with E-state index >= 15 is 4.39 Å². The lowest BCUT2D eigenvalue weighted by Crippen LogP contribution is -2.50. The van der Waals surface area contributed by atoms with E-state index in [9.17, 15) is 23.6 Å². The van der Waals surface area contributed by atoms with E-state index in [-0.39, 0.29) is 48.1 Å². The third kappa shape index (κ3) is 8.05. The van der Waals surface area contributed by atoms with Crippen molar-refractivity contribution in [3.05, 3.63) is 53.7 Å². The molecule has 1 unspecified atom stereocenters.